The highest BCUT2D eigenvalue weighted by atomic mass is 16.7. The molecule has 0 aromatic heterocycles. The first-order chi connectivity index (χ1) is 4.22. The van der Waals surface area contributed by atoms with Gasteiger partial charge in [-0.2, -0.15) is 0 Å². The zero-order valence-corrected chi connectivity index (χ0v) is 6.27. The summed E-state index contributed by atoms with van der Waals surface area (Å²) in [5.41, 5.74) is 2.69. The van der Waals surface area contributed by atoms with Crippen LogP contribution in [0.25, 0.3) is 0 Å². The van der Waals surface area contributed by atoms with Crippen LogP contribution in [0, 0.1) is 0 Å². The van der Waals surface area contributed by atoms with E-state index in [0.717, 1.165) is 13.0 Å². The molecule has 1 rings (SSSR count). The van der Waals surface area contributed by atoms with Crippen molar-refractivity contribution in [3.63, 3.8) is 0 Å². The maximum absolute atomic E-state index is 5.20. The lowest BCUT2D eigenvalue weighted by atomic mass is 10.2. The van der Waals surface area contributed by atoms with E-state index in [-0.39, 0.29) is 0 Å². The Labute approximate surface area is 56.1 Å². The van der Waals surface area contributed by atoms with Crippen LogP contribution in [-0.4, -0.2) is 18.7 Å². The van der Waals surface area contributed by atoms with Crippen LogP contribution in [-0.2, 0) is 4.84 Å². The first-order valence-corrected chi connectivity index (χ1v) is 3.25. The molecule has 0 saturated carbocycles. The molecule has 1 aliphatic heterocycles. The molecular weight excluding hydrogens is 114 g/mol. The summed E-state index contributed by atoms with van der Waals surface area (Å²) < 4.78 is 0. The van der Waals surface area contributed by atoms with Gasteiger partial charge in [0.25, 0.3) is 0 Å². The summed E-state index contributed by atoms with van der Waals surface area (Å²) in [6.07, 6.45) is 1.07. The van der Waals surface area contributed by atoms with Gasteiger partial charge in [-0.25, -0.2) is 0 Å². The Hall–Kier alpha value is -0.500. The van der Waals surface area contributed by atoms with Gasteiger partial charge in [0, 0.05) is 19.2 Å². The van der Waals surface area contributed by atoms with Crippen molar-refractivity contribution in [2.75, 3.05) is 13.7 Å². The molecule has 0 aromatic rings. The molecule has 52 valence electrons. The Morgan fingerprint density at radius 3 is 2.44 bits per heavy atom. The first-order valence-electron chi connectivity index (χ1n) is 3.25. The van der Waals surface area contributed by atoms with E-state index in [2.05, 4.69) is 13.8 Å². The van der Waals surface area contributed by atoms with E-state index in [1.165, 1.54) is 11.3 Å². The maximum Gasteiger partial charge on any atom is 0.0803 e. The lowest BCUT2D eigenvalue weighted by Crippen LogP contribution is -2.09. The van der Waals surface area contributed by atoms with Crippen LogP contribution in [0.4, 0.5) is 0 Å². The molecule has 2 nitrogen and oxygen atoms in total. The Bertz CT molecular complexity index is 136. The molecule has 0 aromatic carbocycles. The van der Waals surface area contributed by atoms with Crippen LogP contribution < -0.4 is 0 Å². The second-order valence-electron chi connectivity index (χ2n) is 2.53. The average Bonchev–Trinajstić information content (AvgIpc) is 2.13. The van der Waals surface area contributed by atoms with Gasteiger partial charge in [0.15, 0.2) is 0 Å². The summed E-state index contributed by atoms with van der Waals surface area (Å²) in [5, 5.41) is 1.86. The summed E-state index contributed by atoms with van der Waals surface area (Å²) in [6.45, 7) is 5.07. The Kier molecular flexibility index (Phi) is 1.76. The monoisotopic (exact) mass is 127 g/mol. The SMILES string of the molecule is CC(C)=C1CCON1C. The average molecular weight is 127 g/mol. The predicted molar refractivity (Wildman–Crippen MR) is 36.7 cm³/mol. The first kappa shape index (κ1) is 6.62. The van der Waals surface area contributed by atoms with Gasteiger partial charge in [-0.1, -0.05) is 5.57 Å². The molecule has 0 unspecified atom stereocenters. The zero-order chi connectivity index (χ0) is 6.85. The third kappa shape index (κ3) is 1.24. The van der Waals surface area contributed by atoms with Gasteiger partial charge < -0.3 is 0 Å². The summed E-state index contributed by atoms with van der Waals surface area (Å²) in [5.74, 6) is 0. The van der Waals surface area contributed by atoms with E-state index < -0.39 is 0 Å². The van der Waals surface area contributed by atoms with E-state index in [1.54, 1.807) is 0 Å². The molecule has 0 radical (unpaired) electrons. The fourth-order valence-corrected chi connectivity index (χ4v) is 1.08. The molecule has 1 aliphatic rings. The topological polar surface area (TPSA) is 12.5 Å². The van der Waals surface area contributed by atoms with Crippen molar-refractivity contribution < 1.29 is 4.84 Å². The van der Waals surface area contributed by atoms with Gasteiger partial charge in [-0.05, 0) is 13.8 Å². The van der Waals surface area contributed by atoms with Crippen LogP contribution in [0.3, 0.4) is 0 Å². The minimum absolute atomic E-state index is 0.844. The van der Waals surface area contributed by atoms with Gasteiger partial charge in [-0.3, -0.25) is 9.90 Å². The zero-order valence-electron chi connectivity index (χ0n) is 6.27. The highest BCUT2D eigenvalue weighted by molar-refractivity contribution is 5.08. The van der Waals surface area contributed by atoms with E-state index in [9.17, 15) is 0 Å². The van der Waals surface area contributed by atoms with Gasteiger partial charge in [0.2, 0.25) is 0 Å². The lowest BCUT2D eigenvalue weighted by molar-refractivity contribution is -0.0693. The molecule has 0 bridgehead atoms. The number of rotatable bonds is 0. The van der Waals surface area contributed by atoms with Crippen LogP contribution >= 0.6 is 0 Å². The van der Waals surface area contributed by atoms with Gasteiger partial charge in [-0.15, -0.1) is 0 Å². The van der Waals surface area contributed by atoms with Crippen molar-refractivity contribution in [2.45, 2.75) is 20.3 Å². The standard InChI is InChI=1S/C7H13NO/c1-6(2)7-4-5-9-8(7)3/h4-5H2,1-3H3. The van der Waals surface area contributed by atoms with Crippen molar-refractivity contribution in [1.29, 1.82) is 0 Å². The Morgan fingerprint density at radius 2 is 2.22 bits per heavy atom. The number of allylic oxidation sites excluding steroid dienone is 1. The lowest BCUT2D eigenvalue weighted by Gasteiger charge is -2.11. The molecule has 0 amide bonds. The predicted octanol–water partition coefficient (Wildman–Crippen LogP) is 1.55. The summed E-state index contributed by atoms with van der Waals surface area (Å²) in [4.78, 5) is 5.20. The van der Waals surface area contributed by atoms with Crippen molar-refractivity contribution in [1.82, 2.24) is 5.06 Å². The molecule has 1 saturated heterocycles. The second kappa shape index (κ2) is 2.40. The third-order valence-corrected chi connectivity index (χ3v) is 1.58. The molecule has 1 fully saturated rings. The molecule has 0 N–H and O–H groups in total. The van der Waals surface area contributed by atoms with E-state index in [1.807, 2.05) is 12.1 Å². The molecule has 0 spiro atoms. The van der Waals surface area contributed by atoms with Crippen molar-refractivity contribution in [2.24, 2.45) is 0 Å². The minimum Gasteiger partial charge on any atom is -0.274 e. The number of hydrogen-bond donors (Lipinski definition) is 0. The van der Waals surface area contributed by atoms with E-state index >= 15 is 0 Å². The van der Waals surface area contributed by atoms with Crippen LogP contribution in [0.2, 0.25) is 0 Å². The quantitative estimate of drug-likeness (QED) is 0.489. The fraction of sp³-hybridized carbons (Fsp3) is 0.714. The van der Waals surface area contributed by atoms with Crippen molar-refractivity contribution in [3.05, 3.63) is 11.3 Å². The minimum atomic E-state index is 0.844. The van der Waals surface area contributed by atoms with Gasteiger partial charge in [0.1, 0.15) is 0 Å². The highest BCUT2D eigenvalue weighted by Gasteiger charge is 2.13. The molecular formula is C7H13NO. The Morgan fingerprint density at radius 1 is 1.56 bits per heavy atom. The number of hydrogen-bond acceptors (Lipinski definition) is 2. The van der Waals surface area contributed by atoms with Crippen molar-refractivity contribution in [3.8, 4) is 0 Å². The molecule has 2 heteroatoms. The third-order valence-electron chi connectivity index (χ3n) is 1.58. The van der Waals surface area contributed by atoms with E-state index in [4.69, 9.17) is 4.84 Å². The maximum atomic E-state index is 5.20. The van der Waals surface area contributed by atoms with Crippen molar-refractivity contribution >= 4 is 0 Å². The van der Waals surface area contributed by atoms with E-state index in [0.29, 0.717) is 0 Å². The summed E-state index contributed by atoms with van der Waals surface area (Å²) in [6, 6.07) is 0. The number of nitrogens with zero attached hydrogens (tertiary/aromatic N) is 1. The molecule has 9 heavy (non-hydrogen) atoms. The van der Waals surface area contributed by atoms with Crippen LogP contribution in [0.1, 0.15) is 20.3 Å². The second-order valence-corrected chi connectivity index (χ2v) is 2.53. The molecule has 1 heterocycles. The molecule has 0 atom stereocenters. The summed E-state index contributed by atoms with van der Waals surface area (Å²) in [7, 11) is 1.95. The fourth-order valence-electron chi connectivity index (χ4n) is 1.08. The molecule has 0 aliphatic carbocycles. The van der Waals surface area contributed by atoms with Crippen LogP contribution in [0.5, 0.6) is 0 Å². The summed E-state index contributed by atoms with van der Waals surface area (Å²) >= 11 is 0. The van der Waals surface area contributed by atoms with Crippen LogP contribution in [0.15, 0.2) is 11.3 Å². The highest BCUT2D eigenvalue weighted by Crippen LogP contribution is 2.18. The normalized spacial score (nSPS) is 19.0. The number of hydroxylamine groups is 2. The smallest absolute Gasteiger partial charge is 0.0803 e. The Balaban J connectivity index is 2.70. The largest absolute Gasteiger partial charge is 0.274 e. The van der Waals surface area contributed by atoms with Gasteiger partial charge >= 0.3 is 0 Å². The van der Waals surface area contributed by atoms with Gasteiger partial charge in [0.05, 0.1) is 6.61 Å².